The van der Waals surface area contributed by atoms with Crippen molar-refractivity contribution in [2.75, 3.05) is 6.54 Å². The van der Waals surface area contributed by atoms with Crippen LogP contribution < -0.4 is 11.5 Å². The van der Waals surface area contributed by atoms with E-state index in [1.165, 1.54) is 12.3 Å². The average Bonchev–Trinajstić information content (AvgIpc) is 2.17. The van der Waals surface area contributed by atoms with Crippen molar-refractivity contribution in [1.82, 2.24) is 4.98 Å². The molecule has 0 fully saturated rings. The highest BCUT2D eigenvalue weighted by Gasteiger charge is 2.16. The second kappa shape index (κ2) is 4.32. The summed E-state index contributed by atoms with van der Waals surface area (Å²) >= 11 is 5.51. The Kier molecular flexibility index (Phi) is 3.34. The Balaban J connectivity index is 3.12. The lowest BCUT2D eigenvalue weighted by molar-refractivity contribution is -0.385. The van der Waals surface area contributed by atoms with Crippen molar-refractivity contribution < 1.29 is 4.92 Å². The molecule has 1 atom stereocenters. The Labute approximate surface area is 85.0 Å². The van der Waals surface area contributed by atoms with E-state index in [4.69, 9.17) is 23.1 Å². The molecular formula is C7H9ClN4O2. The number of halogens is 1. The molecule has 1 heterocycles. The average molecular weight is 217 g/mol. The topological polar surface area (TPSA) is 108 Å². The van der Waals surface area contributed by atoms with Crippen LogP contribution in [0.1, 0.15) is 11.6 Å². The van der Waals surface area contributed by atoms with Crippen LogP contribution in [0.5, 0.6) is 0 Å². The lowest BCUT2D eigenvalue weighted by Crippen LogP contribution is -2.21. The number of nitrogens with zero attached hydrogens (tertiary/aromatic N) is 2. The maximum Gasteiger partial charge on any atom is 0.306 e. The summed E-state index contributed by atoms with van der Waals surface area (Å²) in [4.78, 5) is 13.5. The fourth-order valence-electron chi connectivity index (χ4n) is 0.919. The third-order valence-corrected chi connectivity index (χ3v) is 2.01. The van der Waals surface area contributed by atoms with E-state index in [0.29, 0.717) is 5.56 Å². The summed E-state index contributed by atoms with van der Waals surface area (Å²) in [5, 5.41) is 10.3. The van der Waals surface area contributed by atoms with E-state index in [1.807, 2.05) is 0 Å². The first-order chi connectivity index (χ1) is 6.56. The number of hydrogen-bond acceptors (Lipinski definition) is 5. The quantitative estimate of drug-likeness (QED) is 0.437. The van der Waals surface area contributed by atoms with Crippen LogP contribution in [0.15, 0.2) is 12.3 Å². The standard InChI is InChI=1S/C7H9ClN4O2/c8-7-6(12(13)14)1-4(3-11-7)5(10)2-9/h1,3,5H,2,9-10H2/t5-/m1/s1. The second-order valence-electron chi connectivity index (χ2n) is 2.68. The molecule has 0 bridgehead atoms. The van der Waals surface area contributed by atoms with Crippen molar-refractivity contribution in [3.05, 3.63) is 33.1 Å². The zero-order valence-corrected chi connectivity index (χ0v) is 7.94. The lowest BCUT2D eigenvalue weighted by atomic mass is 10.1. The van der Waals surface area contributed by atoms with Crippen LogP contribution in [-0.4, -0.2) is 16.5 Å². The molecule has 0 aliphatic carbocycles. The van der Waals surface area contributed by atoms with Gasteiger partial charge in [0.1, 0.15) is 0 Å². The van der Waals surface area contributed by atoms with E-state index in [1.54, 1.807) is 0 Å². The molecular weight excluding hydrogens is 208 g/mol. The van der Waals surface area contributed by atoms with Crippen LogP contribution in [0.25, 0.3) is 0 Å². The number of pyridine rings is 1. The third-order valence-electron chi connectivity index (χ3n) is 1.72. The molecule has 0 aliphatic heterocycles. The van der Waals surface area contributed by atoms with Gasteiger partial charge in [-0.3, -0.25) is 10.1 Å². The van der Waals surface area contributed by atoms with Crippen LogP contribution in [0.2, 0.25) is 5.15 Å². The molecule has 0 spiro atoms. The van der Waals surface area contributed by atoms with Gasteiger partial charge in [-0.25, -0.2) is 4.98 Å². The minimum absolute atomic E-state index is 0.150. The van der Waals surface area contributed by atoms with Crippen molar-refractivity contribution in [2.24, 2.45) is 11.5 Å². The van der Waals surface area contributed by atoms with E-state index >= 15 is 0 Å². The Hall–Kier alpha value is -1.24. The molecule has 0 aromatic carbocycles. The summed E-state index contributed by atoms with van der Waals surface area (Å²) in [6.07, 6.45) is 1.38. The highest BCUT2D eigenvalue weighted by molar-refractivity contribution is 6.31. The SMILES string of the molecule is NC[C@@H](N)c1cnc(Cl)c([N+](=O)[O-])c1. The number of nitrogens with two attached hydrogens (primary N) is 2. The summed E-state index contributed by atoms with van der Waals surface area (Å²) in [6, 6.07) is 0.825. The van der Waals surface area contributed by atoms with E-state index < -0.39 is 11.0 Å². The first-order valence-electron chi connectivity index (χ1n) is 3.81. The predicted molar refractivity (Wildman–Crippen MR) is 51.9 cm³/mol. The molecule has 0 saturated carbocycles. The largest absolute Gasteiger partial charge is 0.329 e. The van der Waals surface area contributed by atoms with E-state index in [9.17, 15) is 10.1 Å². The highest BCUT2D eigenvalue weighted by Crippen LogP contribution is 2.24. The summed E-state index contributed by atoms with van der Waals surface area (Å²) < 4.78 is 0. The van der Waals surface area contributed by atoms with E-state index in [0.717, 1.165) is 0 Å². The number of rotatable bonds is 3. The van der Waals surface area contributed by atoms with Crippen LogP contribution in [-0.2, 0) is 0 Å². The molecule has 0 amide bonds. The highest BCUT2D eigenvalue weighted by atomic mass is 35.5. The van der Waals surface area contributed by atoms with Gasteiger partial charge in [0.15, 0.2) is 0 Å². The molecule has 0 saturated heterocycles. The minimum atomic E-state index is -0.609. The third kappa shape index (κ3) is 2.16. The minimum Gasteiger partial charge on any atom is -0.329 e. The molecule has 1 rings (SSSR count). The second-order valence-corrected chi connectivity index (χ2v) is 3.04. The van der Waals surface area contributed by atoms with Crippen molar-refractivity contribution >= 4 is 17.3 Å². The van der Waals surface area contributed by atoms with Gasteiger partial charge in [-0.1, -0.05) is 11.6 Å². The molecule has 0 unspecified atom stereocenters. The fourth-order valence-corrected chi connectivity index (χ4v) is 1.09. The van der Waals surface area contributed by atoms with Gasteiger partial charge in [0.2, 0.25) is 5.15 Å². The van der Waals surface area contributed by atoms with Gasteiger partial charge in [-0.2, -0.15) is 0 Å². The molecule has 1 aromatic rings. The number of aromatic nitrogens is 1. The Morgan fingerprint density at radius 3 is 2.86 bits per heavy atom. The zero-order valence-electron chi connectivity index (χ0n) is 7.18. The van der Waals surface area contributed by atoms with E-state index in [-0.39, 0.29) is 17.4 Å². The van der Waals surface area contributed by atoms with Crippen molar-refractivity contribution in [1.29, 1.82) is 0 Å². The van der Waals surface area contributed by atoms with Gasteiger partial charge in [0.25, 0.3) is 0 Å². The number of hydrogen-bond donors (Lipinski definition) is 2. The van der Waals surface area contributed by atoms with Crippen LogP contribution >= 0.6 is 11.6 Å². The van der Waals surface area contributed by atoms with Gasteiger partial charge < -0.3 is 11.5 Å². The molecule has 76 valence electrons. The maximum absolute atomic E-state index is 10.5. The molecule has 0 aliphatic rings. The normalized spacial score (nSPS) is 12.5. The van der Waals surface area contributed by atoms with Crippen LogP contribution in [0.3, 0.4) is 0 Å². The van der Waals surface area contributed by atoms with Crippen molar-refractivity contribution in [3.8, 4) is 0 Å². The lowest BCUT2D eigenvalue weighted by Gasteiger charge is -2.07. The summed E-state index contributed by atoms with van der Waals surface area (Å²) in [5.74, 6) is 0. The number of nitro groups is 1. The molecule has 7 heteroatoms. The molecule has 6 nitrogen and oxygen atoms in total. The van der Waals surface area contributed by atoms with Gasteiger partial charge >= 0.3 is 5.69 Å². The molecule has 1 aromatic heterocycles. The first-order valence-corrected chi connectivity index (χ1v) is 4.19. The summed E-state index contributed by atoms with van der Waals surface area (Å²) in [7, 11) is 0. The Bertz CT molecular complexity index is 358. The molecule has 0 radical (unpaired) electrons. The van der Waals surface area contributed by atoms with Crippen molar-refractivity contribution in [3.63, 3.8) is 0 Å². The smallest absolute Gasteiger partial charge is 0.306 e. The zero-order chi connectivity index (χ0) is 10.7. The Morgan fingerprint density at radius 1 is 1.71 bits per heavy atom. The van der Waals surface area contributed by atoms with Gasteiger partial charge in [-0.15, -0.1) is 0 Å². The summed E-state index contributed by atoms with van der Waals surface area (Å²) in [6.45, 7) is 0.195. The van der Waals surface area contributed by atoms with Gasteiger partial charge in [0, 0.05) is 24.8 Å². The molecule has 14 heavy (non-hydrogen) atoms. The van der Waals surface area contributed by atoms with Crippen molar-refractivity contribution in [2.45, 2.75) is 6.04 Å². The fraction of sp³-hybridized carbons (Fsp3) is 0.286. The van der Waals surface area contributed by atoms with Gasteiger partial charge in [0.05, 0.1) is 4.92 Å². The monoisotopic (exact) mass is 216 g/mol. The van der Waals surface area contributed by atoms with Crippen LogP contribution in [0, 0.1) is 10.1 Å². The Morgan fingerprint density at radius 2 is 2.36 bits per heavy atom. The van der Waals surface area contributed by atoms with E-state index in [2.05, 4.69) is 4.98 Å². The summed E-state index contributed by atoms with van der Waals surface area (Å²) in [5.41, 5.74) is 11.1. The van der Waals surface area contributed by atoms with Gasteiger partial charge in [-0.05, 0) is 5.56 Å². The molecule has 4 N–H and O–H groups in total. The first kappa shape index (κ1) is 10.8. The van der Waals surface area contributed by atoms with Crippen LogP contribution in [0.4, 0.5) is 5.69 Å². The maximum atomic E-state index is 10.5. The predicted octanol–water partition coefficient (Wildman–Crippen LogP) is 0.602.